The topological polar surface area (TPSA) is 81.7 Å². The van der Waals surface area contributed by atoms with E-state index < -0.39 is 0 Å². The van der Waals surface area contributed by atoms with Gasteiger partial charge in [-0.25, -0.2) is 0 Å². The highest BCUT2D eigenvalue weighted by molar-refractivity contribution is 5.80. The van der Waals surface area contributed by atoms with Crippen molar-refractivity contribution in [2.75, 3.05) is 13.7 Å². The third kappa shape index (κ3) is 308. The molecule has 822 valence electrons. The Labute approximate surface area is 844 Å². The van der Waals surface area contributed by atoms with Crippen LogP contribution in [-0.2, 0) is 23.9 Å². The van der Waals surface area contributed by atoms with Gasteiger partial charge in [0.25, 0.3) is 0 Å². The highest BCUT2D eigenvalue weighted by atomic mass is 16.5. The minimum atomic E-state index is -0.352. The SMILES string of the molecule is C.C.C.C.C.C.C.C.C.C/C=C/C(C)(C)C.C=CC.C=CCC(C)(C)C.CC(=O)C(C)(C)C.CC(C)(C)C.CC(C)(C)C.CC(C)(C)C.CC(C)(C)C(C)(C)C.CC(C)C(C)(C)C.CCC(=O)NC(C)(C)C.CCC(C)(C)C.CCC(C)(C)C.CCC(C)(C)C.CCC(C)(C)C(C)(C)C.CCC(C)C(C)(C)C.CCCC(C)(C)C.CCCOC(=O)C(C)(C)C.COC(C)(C)C. The normalized spacial score (nSPS) is 11.4. The first-order valence-corrected chi connectivity index (χ1v) is 48.1. The fourth-order valence-electron chi connectivity index (χ4n) is 3.74. The number of carbonyl (C=O) groups excluding carboxylic acids is 3. The van der Waals surface area contributed by atoms with Crippen molar-refractivity contribution >= 4 is 17.7 Å². The molecule has 0 aliphatic rings. The Morgan fingerprint density at radius 1 is 0.362 bits per heavy atom. The second kappa shape index (κ2) is 95.7. The lowest BCUT2D eigenvalue weighted by Crippen LogP contribution is -2.40. The summed E-state index contributed by atoms with van der Waals surface area (Å²) < 4.78 is 9.85. The first kappa shape index (κ1) is 202. The Hall–Kier alpha value is -2.21. The van der Waals surface area contributed by atoms with Crippen molar-refractivity contribution in [3.8, 4) is 0 Å². The van der Waals surface area contributed by atoms with Crippen LogP contribution in [0.3, 0.4) is 0 Å². The molecule has 0 aromatic rings. The molecule has 0 aliphatic carbocycles. The van der Waals surface area contributed by atoms with Gasteiger partial charge in [-0.15, -0.1) is 13.2 Å². The van der Waals surface area contributed by atoms with Gasteiger partial charge in [0.1, 0.15) is 5.78 Å². The summed E-state index contributed by atoms with van der Waals surface area (Å²) in [5.74, 6) is 1.89. The van der Waals surface area contributed by atoms with E-state index in [9.17, 15) is 14.4 Å². The molecule has 0 fully saturated rings. The van der Waals surface area contributed by atoms with Gasteiger partial charge in [0.2, 0.25) is 5.91 Å². The third-order valence-corrected chi connectivity index (χ3v) is 18.1. The largest absolute Gasteiger partial charge is 0.465 e. The van der Waals surface area contributed by atoms with E-state index in [1.165, 1.54) is 44.9 Å². The lowest BCUT2D eigenvalue weighted by Gasteiger charge is -2.37. The number of esters is 1. The Morgan fingerprint density at radius 2 is 0.585 bits per heavy atom. The zero-order valence-electron chi connectivity index (χ0n) is 100. The van der Waals surface area contributed by atoms with Gasteiger partial charge < -0.3 is 14.8 Å². The summed E-state index contributed by atoms with van der Waals surface area (Å²) in [5.41, 5.74) is 6.76. The maximum atomic E-state index is 11.0. The molecule has 0 bridgehead atoms. The van der Waals surface area contributed by atoms with Crippen LogP contribution in [-0.4, -0.2) is 42.5 Å². The van der Waals surface area contributed by atoms with Crippen LogP contribution < -0.4 is 5.32 Å². The number of rotatable bonds is 7. The number of ketones is 1. The molecule has 0 radical (unpaired) electrons. The Kier molecular flexibility index (Phi) is 149. The maximum Gasteiger partial charge on any atom is 0.311 e. The molecule has 0 heterocycles. The van der Waals surface area contributed by atoms with Crippen LogP contribution in [0.1, 0.15) is 636 Å². The fraction of sp³-hybridized carbons (Fsp3) is 0.927. The van der Waals surface area contributed by atoms with Crippen LogP contribution in [0.4, 0.5) is 0 Å². The minimum absolute atomic E-state index is 0. The van der Waals surface area contributed by atoms with Gasteiger partial charge in [0.05, 0.1) is 17.6 Å². The Balaban J connectivity index is -0.0000000346. The van der Waals surface area contributed by atoms with Gasteiger partial charge in [0, 0.05) is 24.5 Å². The quantitative estimate of drug-likeness (QED) is 0.203. The van der Waals surface area contributed by atoms with E-state index in [0.29, 0.717) is 94.3 Å². The lowest BCUT2D eigenvalue weighted by molar-refractivity contribution is -0.152. The van der Waals surface area contributed by atoms with Crippen molar-refractivity contribution in [3.05, 3.63) is 37.5 Å². The monoisotopic (exact) mass is 1880 g/mol. The van der Waals surface area contributed by atoms with Crippen molar-refractivity contribution in [1.82, 2.24) is 5.32 Å². The molecule has 0 saturated heterocycles. The summed E-state index contributed by atoms with van der Waals surface area (Å²) in [4.78, 5) is 32.2. The van der Waals surface area contributed by atoms with E-state index in [2.05, 4.69) is 418 Å². The number of amides is 1. The molecule has 1 N–H and O–H groups in total. The lowest BCUT2D eigenvalue weighted by atomic mass is 9.68. The molecule has 0 aromatic carbocycles. The molecule has 1 atom stereocenters. The van der Waals surface area contributed by atoms with E-state index in [4.69, 9.17) is 9.47 Å². The van der Waals surface area contributed by atoms with E-state index >= 15 is 0 Å². The molecule has 0 aliphatic heterocycles. The molecule has 0 aromatic heterocycles. The molecule has 130 heavy (non-hydrogen) atoms. The number of hydrogen-bond donors (Lipinski definition) is 1. The minimum Gasteiger partial charge on any atom is -0.465 e. The van der Waals surface area contributed by atoms with Gasteiger partial charge >= 0.3 is 5.97 Å². The summed E-state index contributed by atoms with van der Waals surface area (Å²) in [6, 6.07) is 0. The summed E-state index contributed by atoms with van der Waals surface area (Å²) >= 11 is 0. The molecule has 0 spiro atoms. The maximum absolute atomic E-state index is 11.0. The summed E-state index contributed by atoms with van der Waals surface area (Å²) in [7, 11) is 1.71. The average Bonchev–Trinajstić information content (AvgIpc) is 0.856. The van der Waals surface area contributed by atoms with Crippen LogP contribution >= 0.6 is 0 Å². The van der Waals surface area contributed by atoms with Crippen LogP contribution in [0.15, 0.2) is 37.5 Å². The summed E-state index contributed by atoms with van der Waals surface area (Å²) in [6.45, 7) is 166. The third-order valence-electron chi connectivity index (χ3n) is 18.1. The van der Waals surface area contributed by atoms with Crippen molar-refractivity contribution in [2.24, 2.45) is 104 Å². The first-order chi connectivity index (χ1) is 51.7. The summed E-state index contributed by atoms with van der Waals surface area (Å²) in [5, 5.41) is 2.83. The fourth-order valence-corrected chi connectivity index (χ4v) is 3.74. The molecule has 6 nitrogen and oxygen atoms in total. The van der Waals surface area contributed by atoms with Crippen LogP contribution in [0.25, 0.3) is 0 Å². The van der Waals surface area contributed by atoms with Crippen molar-refractivity contribution in [2.45, 2.75) is 648 Å². The van der Waals surface area contributed by atoms with Crippen LogP contribution in [0.2, 0.25) is 0 Å². The predicted molar refractivity (Wildman–Crippen MR) is 635 cm³/mol. The smallest absolute Gasteiger partial charge is 0.311 e. The zero-order valence-corrected chi connectivity index (χ0v) is 100. The number of allylic oxidation sites excluding steroid dienone is 4. The van der Waals surface area contributed by atoms with Gasteiger partial charge in [0.15, 0.2) is 0 Å². The van der Waals surface area contributed by atoms with Crippen LogP contribution in [0.5, 0.6) is 0 Å². The molecule has 0 saturated carbocycles. The molecule has 0 rings (SSSR count). The molecular weight excluding hydrogens is 1580 g/mol. The standard InChI is InChI=1S/C9H20.C8H16O2.2C8H18.C7H15NO.2C7H16.2C7H14.C6H12O.3C6H14.C5H12O.3C5H12.C3H6.9CH4/c1-7-9(5,6)8(2,3)4;1-5-6-10-7(9)8(2,3)4;1-7(2,3)8(4,5)6;1-6-7(2)8(3,4)5;1-5-6(9)8-7(2,3)4;1-6(2)7(3,4)5;3*1-5-6-7(2,3)4;1-5(7)6(2,3)4;3*1-5-6(2,3)4;1-5(2,3)6-4;3*1-5(2,3)4;1-3-2;;;;;;;;;/h7H2,1-6H3;5-6H2,1-4H3;1-6H3;7H,6H2,1-5H3;5H2,1-4H3,(H,8,9);6H,1-5H3;5-6H2,1-4H3;5-6H,1-4H3;5H,1,6H2,2-4H3;1-4H3;3*5H2,1-4H3;1-4H3;3*1-4H3;3H,1H2,2H3;9*1H4/b;;;;;;;6-5+;;;;;;;;;;;;;;;;;;;. The van der Waals surface area contributed by atoms with Crippen molar-refractivity contribution in [1.29, 1.82) is 0 Å². The second-order valence-electron chi connectivity index (χ2n) is 55.2. The van der Waals surface area contributed by atoms with E-state index in [-0.39, 0.29) is 106 Å². The van der Waals surface area contributed by atoms with Gasteiger partial charge in [-0.05, 0) is 195 Å². The Morgan fingerprint density at radius 3 is 0.615 bits per heavy atom. The number of hydrogen-bond acceptors (Lipinski definition) is 5. The van der Waals surface area contributed by atoms with E-state index in [0.717, 1.165) is 24.7 Å². The number of nitrogens with one attached hydrogen (secondary N) is 1. The Bertz CT molecular complexity index is 2120. The van der Waals surface area contributed by atoms with Crippen LogP contribution in [0, 0.1) is 104 Å². The number of carbonyl (C=O) groups is 3. The zero-order chi connectivity index (χ0) is 104. The van der Waals surface area contributed by atoms with Gasteiger partial charge in [-0.1, -0.05) is 552 Å². The molecule has 1 unspecified atom stereocenters. The van der Waals surface area contributed by atoms with Crippen molar-refractivity contribution < 1.29 is 23.9 Å². The van der Waals surface area contributed by atoms with Gasteiger partial charge in [-0.2, -0.15) is 0 Å². The molecule has 6 heteroatoms. The molecular formula is C124H291NO5. The van der Waals surface area contributed by atoms with Gasteiger partial charge in [-0.3, -0.25) is 14.4 Å². The van der Waals surface area contributed by atoms with E-state index in [1.54, 1.807) is 20.1 Å². The van der Waals surface area contributed by atoms with Crippen molar-refractivity contribution in [3.63, 3.8) is 0 Å². The second-order valence-corrected chi connectivity index (χ2v) is 55.2. The number of Topliss-reactive ketones (excluding diaryl/α,β-unsaturated/α-hetero) is 1. The number of methoxy groups -OCH3 is 1. The summed E-state index contributed by atoms with van der Waals surface area (Å²) in [6.07, 6.45) is 19.6. The first-order valence-electron chi connectivity index (χ1n) is 48.1. The predicted octanol–water partition coefficient (Wildman–Crippen LogP) is 47.1. The average molecular weight is 1880 g/mol. The highest BCUT2D eigenvalue weighted by Crippen LogP contribution is 2.40. The highest BCUT2D eigenvalue weighted by Gasteiger charge is 2.31. The number of ether oxygens (including phenoxy) is 2. The van der Waals surface area contributed by atoms with E-state index in [1.807, 2.05) is 117 Å². The molecule has 1 amide bonds.